The first kappa shape index (κ1) is 11.2. The van der Waals surface area contributed by atoms with Crippen LogP contribution in [0.4, 0.5) is 5.69 Å². The van der Waals surface area contributed by atoms with Gasteiger partial charge in [-0.25, -0.2) is 0 Å². The maximum atomic E-state index is 11.6. The average molecular weight is 257 g/mol. The van der Waals surface area contributed by atoms with Crippen LogP contribution in [0.15, 0.2) is 18.5 Å². The number of hydrogen-bond donors (Lipinski definition) is 1. The highest BCUT2D eigenvalue weighted by Crippen LogP contribution is 2.19. The maximum absolute atomic E-state index is 11.6. The molecule has 0 radical (unpaired) electrons. The summed E-state index contributed by atoms with van der Waals surface area (Å²) < 4.78 is -0.560. The summed E-state index contributed by atoms with van der Waals surface area (Å²) in [6, 6.07) is 1.86. The molecule has 0 aromatic carbocycles. The van der Waals surface area contributed by atoms with Crippen LogP contribution in [0.2, 0.25) is 0 Å². The summed E-state index contributed by atoms with van der Waals surface area (Å²) >= 11 is 3.29. The minimum atomic E-state index is -0.560. The van der Waals surface area contributed by atoms with Crippen LogP contribution in [0.25, 0.3) is 0 Å². The van der Waals surface area contributed by atoms with Crippen molar-refractivity contribution in [2.24, 2.45) is 0 Å². The first-order valence-corrected chi connectivity index (χ1v) is 5.11. The number of aromatic nitrogens is 1. The molecular formula is C10H13BrN2O. The van der Waals surface area contributed by atoms with Crippen LogP contribution >= 0.6 is 15.9 Å². The maximum Gasteiger partial charge on any atom is 0.240 e. The third-order valence-electron chi connectivity index (χ3n) is 1.83. The Morgan fingerprint density at radius 1 is 1.57 bits per heavy atom. The second-order valence-corrected chi connectivity index (χ2v) is 5.60. The Balaban J connectivity index is 2.80. The monoisotopic (exact) mass is 256 g/mol. The number of anilines is 1. The lowest BCUT2D eigenvalue weighted by atomic mass is 10.2. The lowest BCUT2D eigenvalue weighted by molar-refractivity contribution is -0.117. The Labute approximate surface area is 92.1 Å². The van der Waals surface area contributed by atoms with Crippen molar-refractivity contribution in [3.63, 3.8) is 0 Å². The molecule has 4 heteroatoms. The molecule has 0 fully saturated rings. The van der Waals surface area contributed by atoms with Gasteiger partial charge in [0.2, 0.25) is 5.91 Å². The quantitative estimate of drug-likeness (QED) is 0.827. The molecule has 1 aromatic heterocycles. The predicted octanol–water partition coefficient (Wildman–Crippen LogP) is 2.50. The molecule has 0 spiro atoms. The average Bonchev–Trinajstić information content (AvgIpc) is 2.07. The minimum absolute atomic E-state index is 0.0754. The first-order chi connectivity index (χ1) is 6.41. The van der Waals surface area contributed by atoms with E-state index in [0.717, 1.165) is 11.3 Å². The van der Waals surface area contributed by atoms with Gasteiger partial charge in [-0.2, -0.15) is 0 Å². The van der Waals surface area contributed by atoms with Crippen molar-refractivity contribution in [3.8, 4) is 0 Å². The van der Waals surface area contributed by atoms with Gasteiger partial charge in [-0.05, 0) is 32.4 Å². The second kappa shape index (κ2) is 4.09. The van der Waals surface area contributed by atoms with Gasteiger partial charge < -0.3 is 5.32 Å². The van der Waals surface area contributed by atoms with Gasteiger partial charge in [0.15, 0.2) is 0 Å². The Morgan fingerprint density at radius 3 is 2.71 bits per heavy atom. The highest BCUT2D eigenvalue weighted by atomic mass is 79.9. The van der Waals surface area contributed by atoms with E-state index in [2.05, 4.69) is 26.2 Å². The smallest absolute Gasteiger partial charge is 0.240 e. The molecule has 1 amide bonds. The van der Waals surface area contributed by atoms with E-state index in [1.807, 2.05) is 13.0 Å². The molecule has 14 heavy (non-hydrogen) atoms. The summed E-state index contributed by atoms with van der Waals surface area (Å²) in [5.41, 5.74) is 1.76. The number of alkyl halides is 1. The van der Waals surface area contributed by atoms with Crippen LogP contribution in [-0.4, -0.2) is 15.2 Å². The summed E-state index contributed by atoms with van der Waals surface area (Å²) in [6.45, 7) is 5.53. The van der Waals surface area contributed by atoms with Gasteiger partial charge in [-0.3, -0.25) is 9.78 Å². The summed E-state index contributed by atoms with van der Waals surface area (Å²) in [6.07, 6.45) is 3.34. The van der Waals surface area contributed by atoms with Crippen molar-refractivity contribution in [1.82, 2.24) is 4.98 Å². The van der Waals surface area contributed by atoms with Crippen LogP contribution < -0.4 is 5.32 Å². The van der Waals surface area contributed by atoms with Crippen molar-refractivity contribution in [3.05, 3.63) is 24.0 Å². The molecule has 0 bridgehead atoms. The molecule has 1 aromatic rings. The van der Waals surface area contributed by atoms with E-state index in [0.29, 0.717) is 0 Å². The first-order valence-electron chi connectivity index (χ1n) is 4.32. The van der Waals surface area contributed by atoms with Crippen molar-refractivity contribution in [2.75, 3.05) is 5.32 Å². The van der Waals surface area contributed by atoms with Gasteiger partial charge in [-0.1, -0.05) is 15.9 Å². The number of amides is 1. The lowest BCUT2D eigenvalue weighted by Crippen LogP contribution is -2.31. The molecule has 0 aliphatic carbocycles. The van der Waals surface area contributed by atoms with Gasteiger partial charge >= 0.3 is 0 Å². The fraction of sp³-hybridized carbons (Fsp3) is 0.400. The second-order valence-electron chi connectivity index (χ2n) is 3.62. The van der Waals surface area contributed by atoms with E-state index < -0.39 is 4.32 Å². The number of nitrogens with one attached hydrogen (secondary N) is 1. The number of carbonyl (C=O) groups is 1. The van der Waals surface area contributed by atoms with Crippen LogP contribution in [0.5, 0.6) is 0 Å². The van der Waals surface area contributed by atoms with Crippen molar-refractivity contribution < 1.29 is 4.79 Å². The van der Waals surface area contributed by atoms with E-state index in [9.17, 15) is 4.79 Å². The molecule has 76 valence electrons. The molecule has 1 heterocycles. The van der Waals surface area contributed by atoms with E-state index in [1.54, 1.807) is 26.2 Å². The minimum Gasteiger partial charge on any atom is -0.323 e. The Hall–Kier alpha value is -0.900. The van der Waals surface area contributed by atoms with E-state index in [-0.39, 0.29) is 5.91 Å². The molecule has 0 aliphatic rings. The van der Waals surface area contributed by atoms with Crippen molar-refractivity contribution >= 4 is 27.5 Å². The van der Waals surface area contributed by atoms with Crippen LogP contribution in [0.1, 0.15) is 19.4 Å². The highest BCUT2D eigenvalue weighted by Gasteiger charge is 2.23. The molecule has 0 unspecified atom stereocenters. The lowest BCUT2D eigenvalue weighted by Gasteiger charge is -2.16. The van der Waals surface area contributed by atoms with Gasteiger partial charge in [0.05, 0.1) is 16.2 Å². The van der Waals surface area contributed by atoms with Crippen molar-refractivity contribution in [1.29, 1.82) is 0 Å². The van der Waals surface area contributed by atoms with Gasteiger partial charge in [0, 0.05) is 6.20 Å². The largest absolute Gasteiger partial charge is 0.323 e. The van der Waals surface area contributed by atoms with Gasteiger partial charge in [-0.15, -0.1) is 0 Å². The van der Waals surface area contributed by atoms with E-state index in [4.69, 9.17) is 0 Å². The molecule has 0 saturated heterocycles. The molecule has 3 nitrogen and oxygen atoms in total. The van der Waals surface area contributed by atoms with Crippen molar-refractivity contribution in [2.45, 2.75) is 25.1 Å². The topological polar surface area (TPSA) is 42.0 Å². The number of rotatable bonds is 2. The number of pyridine rings is 1. The Bertz CT molecular complexity index is 344. The third kappa shape index (κ3) is 2.80. The molecule has 0 atom stereocenters. The zero-order valence-corrected chi connectivity index (χ0v) is 10.1. The zero-order chi connectivity index (χ0) is 10.8. The number of carbonyl (C=O) groups excluding carboxylic acids is 1. The summed E-state index contributed by atoms with van der Waals surface area (Å²) in [7, 11) is 0. The number of halogens is 1. The summed E-state index contributed by atoms with van der Waals surface area (Å²) in [5, 5.41) is 2.80. The SMILES string of the molecule is Cc1ccncc1NC(=O)C(C)(C)Br. The van der Waals surface area contributed by atoms with Gasteiger partial charge in [0.25, 0.3) is 0 Å². The summed E-state index contributed by atoms with van der Waals surface area (Å²) in [4.78, 5) is 15.6. The Morgan fingerprint density at radius 2 is 2.21 bits per heavy atom. The predicted molar refractivity (Wildman–Crippen MR) is 60.6 cm³/mol. The van der Waals surface area contributed by atoms with Crippen LogP contribution in [-0.2, 0) is 4.79 Å². The normalized spacial score (nSPS) is 11.1. The standard InChI is InChI=1S/C10H13BrN2O/c1-7-4-5-12-6-8(7)13-9(14)10(2,3)11/h4-6H,1-3H3,(H,13,14). The molecule has 0 saturated carbocycles. The highest BCUT2D eigenvalue weighted by molar-refractivity contribution is 9.10. The number of aryl methyl sites for hydroxylation is 1. The summed E-state index contributed by atoms with van der Waals surface area (Å²) in [5.74, 6) is -0.0754. The molecular weight excluding hydrogens is 244 g/mol. The number of nitrogens with zero attached hydrogens (tertiary/aromatic N) is 1. The van der Waals surface area contributed by atoms with Crippen LogP contribution in [0.3, 0.4) is 0 Å². The van der Waals surface area contributed by atoms with E-state index in [1.165, 1.54) is 0 Å². The molecule has 0 aliphatic heterocycles. The third-order valence-corrected chi connectivity index (χ3v) is 2.19. The van der Waals surface area contributed by atoms with E-state index >= 15 is 0 Å². The fourth-order valence-electron chi connectivity index (χ4n) is 0.866. The molecule has 1 N–H and O–H groups in total. The fourth-order valence-corrected chi connectivity index (χ4v) is 0.965. The zero-order valence-electron chi connectivity index (χ0n) is 8.47. The Kier molecular flexibility index (Phi) is 3.26. The van der Waals surface area contributed by atoms with Gasteiger partial charge in [0.1, 0.15) is 0 Å². The number of hydrogen-bond acceptors (Lipinski definition) is 2. The molecule has 1 rings (SSSR count). The van der Waals surface area contributed by atoms with Crippen LogP contribution in [0, 0.1) is 6.92 Å².